The number of hydrogen-bond donors (Lipinski definition) is 3. The summed E-state index contributed by atoms with van der Waals surface area (Å²) in [6.07, 6.45) is -6.08. The Morgan fingerprint density at radius 1 is 1.37 bits per heavy atom. The Kier molecular flexibility index (Phi) is 4.84. The third-order valence-electron chi connectivity index (χ3n) is 2.28. The maximum Gasteiger partial charge on any atom is 0.416 e. The van der Waals surface area contributed by atoms with Crippen LogP contribution in [-0.4, -0.2) is 23.7 Å². The van der Waals surface area contributed by atoms with Crippen LogP contribution in [-0.2, 0) is 17.5 Å². The second-order valence-corrected chi connectivity index (χ2v) is 3.89. The van der Waals surface area contributed by atoms with Crippen LogP contribution in [0.4, 0.5) is 17.6 Å². The molecule has 0 aromatic heterocycles. The molecule has 0 fully saturated rings. The van der Waals surface area contributed by atoms with E-state index in [1.165, 1.54) is 0 Å². The summed E-state index contributed by atoms with van der Waals surface area (Å²) in [7, 11) is 0. The molecule has 19 heavy (non-hydrogen) atoms. The number of benzene rings is 1. The molecule has 0 bridgehead atoms. The van der Waals surface area contributed by atoms with Gasteiger partial charge in [-0.15, -0.1) is 0 Å². The highest BCUT2D eigenvalue weighted by molar-refractivity contribution is 5.78. The van der Waals surface area contributed by atoms with Gasteiger partial charge in [0.15, 0.2) is 0 Å². The molecule has 1 amide bonds. The number of carbonyl (C=O) groups is 1. The third kappa shape index (κ3) is 4.84. The summed E-state index contributed by atoms with van der Waals surface area (Å²) >= 11 is 0. The lowest BCUT2D eigenvalue weighted by atomic mass is 10.1. The molecule has 0 spiro atoms. The Labute approximate surface area is 106 Å². The van der Waals surface area contributed by atoms with Crippen molar-refractivity contribution >= 4 is 5.91 Å². The molecule has 0 heterocycles. The van der Waals surface area contributed by atoms with Gasteiger partial charge in [-0.3, -0.25) is 4.79 Å². The van der Waals surface area contributed by atoms with Crippen LogP contribution in [0.15, 0.2) is 18.2 Å². The monoisotopic (exact) mass is 280 g/mol. The van der Waals surface area contributed by atoms with Crippen LogP contribution in [0.5, 0.6) is 0 Å². The van der Waals surface area contributed by atoms with E-state index in [1.807, 2.05) is 0 Å². The van der Waals surface area contributed by atoms with Gasteiger partial charge in [-0.2, -0.15) is 13.2 Å². The van der Waals surface area contributed by atoms with E-state index in [4.69, 9.17) is 10.8 Å². The summed E-state index contributed by atoms with van der Waals surface area (Å²) in [5.74, 6) is -1.97. The third-order valence-corrected chi connectivity index (χ3v) is 2.28. The summed E-state index contributed by atoms with van der Waals surface area (Å²) in [4.78, 5) is 10.5. The molecular formula is C11H12F4N2O2. The summed E-state index contributed by atoms with van der Waals surface area (Å²) in [5, 5.41) is 11.6. The first kappa shape index (κ1) is 15.4. The van der Waals surface area contributed by atoms with Gasteiger partial charge in [-0.1, -0.05) is 0 Å². The SMILES string of the molecule is NC(=O)C(O)CNCc1cc(F)cc(C(F)(F)F)c1. The van der Waals surface area contributed by atoms with Crippen molar-refractivity contribution < 1.29 is 27.5 Å². The van der Waals surface area contributed by atoms with Gasteiger partial charge in [0, 0.05) is 13.1 Å². The zero-order valence-corrected chi connectivity index (χ0v) is 9.67. The molecule has 4 nitrogen and oxygen atoms in total. The van der Waals surface area contributed by atoms with Crippen molar-refractivity contribution in [3.05, 3.63) is 35.1 Å². The zero-order valence-electron chi connectivity index (χ0n) is 9.67. The van der Waals surface area contributed by atoms with Crippen LogP contribution >= 0.6 is 0 Å². The number of aliphatic hydroxyl groups is 1. The number of nitrogens with two attached hydrogens (primary N) is 1. The van der Waals surface area contributed by atoms with Crippen molar-refractivity contribution in [2.75, 3.05) is 6.54 Å². The fraction of sp³-hybridized carbons (Fsp3) is 0.364. The van der Waals surface area contributed by atoms with Crippen LogP contribution in [0.25, 0.3) is 0 Å². The van der Waals surface area contributed by atoms with E-state index in [9.17, 15) is 22.4 Å². The molecule has 0 saturated carbocycles. The molecule has 1 unspecified atom stereocenters. The molecule has 4 N–H and O–H groups in total. The maximum atomic E-state index is 13.0. The van der Waals surface area contributed by atoms with Crippen molar-refractivity contribution in [3.8, 4) is 0 Å². The quantitative estimate of drug-likeness (QED) is 0.698. The molecule has 0 aliphatic heterocycles. The van der Waals surface area contributed by atoms with Crippen molar-refractivity contribution in [2.24, 2.45) is 5.73 Å². The minimum Gasteiger partial charge on any atom is -0.382 e. The minimum absolute atomic E-state index is 0.0454. The highest BCUT2D eigenvalue weighted by Crippen LogP contribution is 2.30. The number of nitrogens with one attached hydrogen (secondary N) is 1. The largest absolute Gasteiger partial charge is 0.416 e. The number of aliphatic hydroxyl groups excluding tert-OH is 1. The molecule has 1 aromatic rings. The second kappa shape index (κ2) is 5.98. The van der Waals surface area contributed by atoms with Gasteiger partial charge >= 0.3 is 6.18 Å². The molecule has 0 aliphatic rings. The van der Waals surface area contributed by atoms with Gasteiger partial charge in [-0.05, 0) is 23.8 Å². The number of alkyl halides is 3. The van der Waals surface area contributed by atoms with Gasteiger partial charge in [0.2, 0.25) is 5.91 Å². The van der Waals surface area contributed by atoms with Crippen LogP contribution in [0.3, 0.4) is 0 Å². The highest BCUT2D eigenvalue weighted by Gasteiger charge is 2.31. The number of primary amides is 1. The molecule has 1 atom stereocenters. The summed E-state index contributed by atoms with van der Waals surface area (Å²) < 4.78 is 50.3. The normalized spacial score (nSPS) is 13.3. The zero-order chi connectivity index (χ0) is 14.6. The van der Waals surface area contributed by atoms with Gasteiger partial charge in [0.1, 0.15) is 11.9 Å². The fourth-order valence-corrected chi connectivity index (χ4v) is 1.37. The molecule has 1 rings (SSSR count). The van der Waals surface area contributed by atoms with Crippen LogP contribution in [0.1, 0.15) is 11.1 Å². The first-order valence-electron chi connectivity index (χ1n) is 5.25. The topological polar surface area (TPSA) is 75.4 Å². The van der Waals surface area contributed by atoms with Crippen LogP contribution in [0, 0.1) is 5.82 Å². The Hall–Kier alpha value is -1.67. The lowest BCUT2D eigenvalue weighted by Gasteiger charge is -2.11. The summed E-state index contributed by atoms with van der Waals surface area (Å²) in [5.41, 5.74) is 3.73. The van der Waals surface area contributed by atoms with Gasteiger partial charge in [0.05, 0.1) is 5.56 Å². The number of halogens is 4. The van der Waals surface area contributed by atoms with E-state index >= 15 is 0 Å². The van der Waals surface area contributed by atoms with Crippen LogP contribution in [0.2, 0.25) is 0 Å². The number of hydrogen-bond acceptors (Lipinski definition) is 3. The molecular weight excluding hydrogens is 268 g/mol. The van der Waals surface area contributed by atoms with E-state index in [0.717, 1.165) is 12.1 Å². The van der Waals surface area contributed by atoms with Crippen molar-refractivity contribution in [1.29, 1.82) is 0 Å². The number of amides is 1. The van der Waals surface area contributed by atoms with E-state index in [2.05, 4.69) is 5.32 Å². The first-order valence-corrected chi connectivity index (χ1v) is 5.25. The molecule has 0 radical (unpaired) electrons. The lowest BCUT2D eigenvalue weighted by Crippen LogP contribution is -2.37. The number of rotatable bonds is 5. The predicted molar refractivity (Wildman–Crippen MR) is 58.3 cm³/mol. The Morgan fingerprint density at radius 2 is 2.00 bits per heavy atom. The van der Waals surface area contributed by atoms with Crippen molar-refractivity contribution in [1.82, 2.24) is 5.32 Å². The first-order chi connectivity index (χ1) is 8.70. The molecule has 1 aromatic carbocycles. The Morgan fingerprint density at radius 3 is 2.53 bits per heavy atom. The fourth-order valence-electron chi connectivity index (χ4n) is 1.37. The van der Waals surface area contributed by atoms with E-state index in [0.29, 0.717) is 6.07 Å². The Bertz CT molecular complexity index is 462. The van der Waals surface area contributed by atoms with Gasteiger partial charge < -0.3 is 16.2 Å². The van der Waals surface area contributed by atoms with Gasteiger partial charge in [0.25, 0.3) is 0 Å². The number of carbonyl (C=O) groups excluding carboxylic acids is 1. The Balaban J connectivity index is 2.69. The minimum atomic E-state index is -4.64. The van der Waals surface area contributed by atoms with E-state index in [-0.39, 0.29) is 18.7 Å². The lowest BCUT2D eigenvalue weighted by molar-refractivity contribution is -0.137. The molecule has 0 aliphatic carbocycles. The van der Waals surface area contributed by atoms with E-state index in [1.54, 1.807) is 0 Å². The molecule has 8 heteroatoms. The molecule has 0 saturated heterocycles. The predicted octanol–water partition coefficient (Wildman–Crippen LogP) is 0.780. The summed E-state index contributed by atoms with van der Waals surface area (Å²) in [6.45, 7) is -0.363. The summed E-state index contributed by atoms with van der Waals surface area (Å²) in [6, 6.07) is 2.10. The maximum absolute atomic E-state index is 13.0. The highest BCUT2D eigenvalue weighted by atomic mass is 19.4. The average Bonchev–Trinajstić information content (AvgIpc) is 2.26. The van der Waals surface area contributed by atoms with Gasteiger partial charge in [-0.25, -0.2) is 4.39 Å². The van der Waals surface area contributed by atoms with Crippen LogP contribution < -0.4 is 11.1 Å². The molecule has 106 valence electrons. The smallest absolute Gasteiger partial charge is 0.382 e. The van der Waals surface area contributed by atoms with Crippen molar-refractivity contribution in [2.45, 2.75) is 18.8 Å². The van der Waals surface area contributed by atoms with E-state index < -0.39 is 29.6 Å². The second-order valence-electron chi connectivity index (χ2n) is 3.89. The standard InChI is InChI=1S/C11H12F4N2O2/c12-8-2-6(1-7(3-8)11(13,14)15)4-17-5-9(18)10(16)19/h1-3,9,17-18H,4-5H2,(H2,16,19). The average molecular weight is 280 g/mol. The van der Waals surface area contributed by atoms with Crippen molar-refractivity contribution in [3.63, 3.8) is 0 Å².